The maximum Gasteiger partial charge on any atom is 0.267 e. The average molecular weight is 555 g/mol. The van der Waals surface area contributed by atoms with Crippen LogP contribution < -0.4 is 9.47 Å². The zero-order chi connectivity index (χ0) is 28.2. The van der Waals surface area contributed by atoms with Crippen LogP contribution in [0.3, 0.4) is 0 Å². The highest BCUT2D eigenvalue weighted by molar-refractivity contribution is 8.18. The Bertz CT molecular complexity index is 1420. The van der Waals surface area contributed by atoms with Crippen LogP contribution in [0, 0.1) is 26.7 Å². The van der Waals surface area contributed by atoms with Crippen molar-refractivity contribution < 1.29 is 14.3 Å². The van der Waals surface area contributed by atoms with E-state index in [1.165, 1.54) is 40.4 Å². The molecule has 5 nitrogen and oxygen atoms in total. The number of amides is 1. The number of thioether (sulfide) groups is 1. The van der Waals surface area contributed by atoms with Gasteiger partial charge in [0.1, 0.15) is 6.61 Å². The number of amidine groups is 1. The van der Waals surface area contributed by atoms with E-state index in [9.17, 15) is 4.79 Å². The molecule has 1 saturated heterocycles. The number of para-hydroxylation sites is 1. The lowest BCUT2D eigenvalue weighted by Crippen LogP contribution is -2.44. The quantitative estimate of drug-likeness (QED) is 0.275. The molecule has 0 N–H and O–H groups in total. The van der Waals surface area contributed by atoms with Gasteiger partial charge in [0, 0.05) is 6.04 Å². The van der Waals surface area contributed by atoms with Crippen molar-refractivity contribution in [3.63, 3.8) is 0 Å². The molecule has 208 valence electrons. The Hall–Kier alpha value is -3.51. The van der Waals surface area contributed by atoms with Crippen LogP contribution >= 0.6 is 11.8 Å². The Balaban J connectivity index is 1.41. The normalized spacial score (nSPS) is 21.3. The molecule has 6 heteroatoms. The molecule has 2 atom stereocenters. The van der Waals surface area contributed by atoms with Gasteiger partial charge in [-0.2, -0.15) is 0 Å². The van der Waals surface area contributed by atoms with Gasteiger partial charge in [0.25, 0.3) is 5.91 Å². The van der Waals surface area contributed by atoms with Gasteiger partial charge in [-0.3, -0.25) is 9.69 Å². The van der Waals surface area contributed by atoms with E-state index >= 15 is 0 Å². The van der Waals surface area contributed by atoms with Crippen LogP contribution in [-0.2, 0) is 11.4 Å². The number of aryl methyl sites for hydroxylation is 3. The molecule has 0 aromatic heterocycles. The molecule has 1 amide bonds. The third-order valence-corrected chi connectivity index (χ3v) is 8.90. The van der Waals surface area contributed by atoms with Crippen LogP contribution in [0.15, 0.2) is 70.6 Å². The summed E-state index contributed by atoms with van der Waals surface area (Å²) in [6, 6.07) is 20.3. The standard InChI is InChI=1S/C34H38N2O3S/c1-22-17-24(3)28(25(4)18-22)21-39-30-16-15-26(19-31(30)38-5)20-32-33(37)36(29-14-10-9-11-23(29)2)34(40-32)35-27-12-7-6-8-13-27/h6-8,12-13,15-20,23,29H,9-11,14,21H2,1-5H3/b32-20-,35-34?/t23-,29+/m1/s1. The Morgan fingerprint density at radius 2 is 1.70 bits per heavy atom. The number of hydrogen-bond donors (Lipinski definition) is 0. The maximum atomic E-state index is 13.8. The summed E-state index contributed by atoms with van der Waals surface area (Å²) in [7, 11) is 1.65. The van der Waals surface area contributed by atoms with E-state index in [4.69, 9.17) is 14.5 Å². The Morgan fingerprint density at radius 3 is 2.40 bits per heavy atom. The number of rotatable bonds is 7. The third kappa shape index (κ3) is 6.12. The summed E-state index contributed by atoms with van der Waals surface area (Å²) in [6.07, 6.45) is 6.45. The van der Waals surface area contributed by atoms with Gasteiger partial charge in [-0.25, -0.2) is 4.99 Å². The fourth-order valence-electron chi connectivity index (χ4n) is 5.78. The lowest BCUT2D eigenvalue weighted by atomic mass is 9.85. The zero-order valence-corrected chi connectivity index (χ0v) is 24.9. The summed E-state index contributed by atoms with van der Waals surface area (Å²) in [6.45, 7) is 9.08. The van der Waals surface area contributed by atoms with Crippen molar-refractivity contribution in [1.29, 1.82) is 0 Å². The van der Waals surface area contributed by atoms with Crippen molar-refractivity contribution >= 4 is 34.6 Å². The van der Waals surface area contributed by atoms with Gasteiger partial charge in [-0.15, -0.1) is 0 Å². The average Bonchev–Trinajstić information content (AvgIpc) is 3.23. The summed E-state index contributed by atoms with van der Waals surface area (Å²) in [5.74, 6) is 1.79. The summed E-state index contributed by atoms with van der Waals surface area (Å²) in [5, 5.41) is 0.761. The zero-order valence-electron chi connectivity index (χ0n) is 24.1. The number of methoxy groups -OCH3 is 1. The first kappa shape index (κ1) is 28.0. The van der Waals surface area contributed by atoms with Crippen molar-refractivity contribution in [1.82, 2.24) is 4.90 Å². The minimum Gasteiger partial charge on any atom is -0.493 e. The fourth-order valence-corrected chi connectivity index (χ4v) is 6.83. The van der Waals surface area contributed by atoms with Crippen molar-refractivity contribution in [3.05, 3.63) is 93.4 Å². The van der Waals surface area contributed by atoms with E-state index < -0.39 is 0 Å². The lowest BCUT2D eigenvalue weighted by molar-refractivity contribution is -0.124. The molecule has 0 unspecified atom stereocenters. The number of nitrogens with zero attached hydrogens (tertiary/aromatic N) is 2. The van der Waals surface area contributed by atoms with Crippen LogP contribution in [-0.4, -0.2) is 29.1 Å². The van der Waals surface area contributed by atoms with E-state index in [0.29, 0.717) is 28.9 Å². The van der Waals surface area contributed by atoms with E-state index in [1.807, 2.05) is 59.5 Å². The first-order chi connectivity index (χ1) is 19.3. The Morgan fingerprint density at radius 1 is 0.975 bits per heavy atom. The smallest absolute Gasteiger partial charge is 0.267 e. The maximum absolute atomic E-state index is 13.8. The molecule has 3 aromatic carbocycles. The van der Waals surface area contributed by atoms with Gasteiger partial charge in [-0.1, -0.05) is 61.7 Å². The molecule has 0 bridgehead atoms. The fraction of sp³-hybridized carbons (Fsp3) is 0.353. The van der Waals surface area contributed by atoms with E-state index in [0.717, 1.165) is 35.7 Å². The second-order valence-electron chi connectivity index (χ2n) is 10.9. The summed E-state index contributed by atoms with van der Waals surface area (Å²) in [5.41, 5.74) is 6.63. The summed E-state index contributed by atoms with van der Waals surface area (Å²) in [4.78, 5) is 21.4. The van der Waals surface area contributed by atoms with Crippen molar-refractivity contribution in [3.8, 4) is 11.5 Å². The highest BCUT2D eigenvalue weighted by Gasteiger charge is 2.41. The molecular formula is C34H38N2O3S. The van der Waals surface area contributed by atoms with Crippen LogP contribution in [0.4, 0.5) is 5.69 Å². The van der Waals surface area contributed by atoms with Gasteiger partial charge < -0.3 is 9.47 Å². The molecule has 2 fully saturated rings. The van der Waals surface area contributed by atoms with E-state index in [1.54, 1.807) is 7.11 Å². The summed E-state index contributed by atoms with van der Waals surface area (Å²) < 4.78 is 11.9. The number of benzene rings is 3. The van der Waals surface area contributed by atoms with Crippen LogP contribution in [0.25, 0.3) is 6.08 Å². The highest BCUT2D eigenvalue weighted by Crippen LogP contribution is 2.41. The van der Waals surface area contributed by atoms with Gasteiger partial charge in [0.2, 0.25) is 0 Å². The number of ether oxygens (including phenoxy) is 2. The van der Waals surface area contributed by atoms with Crippen molar-refractivity contribution in [2.75, 3.05) is 7.11 Å². The molecule has 0 radical (unpaired) electrons. The number of carbonyl (C=O) groups is 1. The molecule has 1 aliphatic carbocycles. The monoisotopic (exact) mass is 554 g/mol. The van der Waals surface area contributed by atoms with Crippen LogP contribution in [0.1, 0.15) is 60.4 Å². The first-order valence-electron chi connectivity index (χ1n) is 14.1. The van der Waals surface area contributed by atoms with E-state index in [-0.39, 0.29) is 11.9 Å². The summed E-state index contributed by atoms with van der Waals surface area (Å²) >= 11 is 1.46. The predicted octanol–water partition coefficient (Wildman–Crippen LogP) is 8.38. The van der Waals surface area contributed by atoms with Crippen molar-refractivity contribution in [2.24, 2.45) is 10.9 Å². The SMILES string of the molecule is COc1cc(/C=C2\SC(=Nc3ccccc3)N([C@H]3CCCC[C@H]3C)C2=O)ccc1OCc1c(C)cc(C)cc1C. The minimum absolute atomic E-state index is 0.0306. The first-order valence-corrected chi connectivity index (χ1v) is 14.9. The third-order valence-electron chi connectivity index (χ3n) is 7.91. The predicted molar refractivity (Wildman–Crippen MR) is 165 cm³/mol. The number of aliphatic imine (C=N–C) groups is 1. The van der Waals surface area contributed by atoms with Crippen LogP contribution in [0.2, 0.25) is 0 Å². The Kier molecular flexibility index (Phi) is 8.65. The largest absolute Gasteiger partial charge is 0.493 e. The van der Waals surface area contributed by atoms with Gasteiger partial charge in [-0.05, 0) is 104 Å². The van der Waals surface area contributed by atoms with Crippen LogP contribution in [0.5, 0.6) is 11.5 Å². The van der Waals surface area contributed by atoms with Gasteiger partial charge in [0.05, 0.1) is 17.7 Å². The number of carbonyl (C=O) groups excluding carboxylic acids is 1. The van der Waals surface area contributed by atoms with E-state index in [2.05, 4.69) is 39.8 Å². The second kappa shape index (κ2) is 12.3. The van der Waals surface area contributed by atoms with Gasteiger partial charge >= 0.3 is 0 Å². The highest BCUT2D eigenvalue weighted by atomic mass is 32.2. The topological polar surface area (TPSA) is 51.1 Å². The van der Waals surface area contributed by atoms with Crippen molar-refractivity contribution in [2.45, 2.75) is 66.0 Å². The second-order valence-corrected chi connectivity index (χ2v) is 11.9. The minimum atomic E-state index is 0.0306. The molecule has 3 aromatic rings. The molecular weight excluding hydrogens is 516 g/mol. The molecule has 1 heterocycles. The Labute approximate surface area is 242 Å². The lowest BCUT2D eigenvalue weighted by Gasteiger charge is -2.35. The van der Waals surface area contributed by atoms with Gasteiger partial charge in [0.15, 0.2) is 16.7 Å². The molecule has 0 spiro atoms. The number of hydrogen-bond acceptors (Lipinski definition) is 5. The molecule has 40 heavy (non-hydrogen) atoms. The molecule has 1 aliphatic heterocycles. The molecule has 2 aliphatic rings. The molecule has 1 saturated carbocycles. The molecule has 5 rings (SSSR count).